The molecule has 9 heavy (non-hydrogen) atoms. The largest absolute Gasteiger partial charge is 0.230 e. The Bertz CT molecular complexity index is 191. The Morgan fingerprint density at radius 1 is 1.67 bits per heavy atom. The van der Waals surface area contributed by atoms with Crippen molar-refractivity contribution in [2.45, 2.75) is 19.9 Å². The summed E-state index contributed by atoms with van der Waals surface area (Å²) in [6.07, 6.45) is 5.60. The molecule has 0 saturated heterocycles. The fourth-order valence-corrected chi connectivity index (χ4v) is 0.828. The fourth-order valence-electron chi connectivity index (χ4n) is 0.828. The van der Waals surface area contributed by atoms with Gasteiger partial charge in [0.25, 0.3) is 0 Å². The van der Waals surface area contributed by atoms with E-state index in [1.165, 1.54) is 0 Å². The molecule has 2 heteroatoms. The summed E-state index contributed by atoms with van der Waals surface area (Å²) >= 11 is 0. The summed E-state index contributed by atoms with van der Waals surface area (Å²) in [5.74, 6) is 0. The van der Waals surface area contributed by atoms with Gasteiger partial charge in [0.05, 0.1) is 0 Å². The molecule has 0 aromatic heterocycles. The first-order valence-corrected chi connectivity index (χ1v) is 3.03. The van der Waals surface area contributed by atoms with Gasteiger partial charge in [-0.25, -0.2) is 0 Å². The summed E-state index contributed by atoms with van der Waals surface area (Å²) in [6.45, 7) is 3.69. The maximum absolute atomic E-state index is 10.9. The summed E-state index contributed by atoms with van der Waals surface area (Å²) in [5.41, 5.74) is 0.782. The van der Waals surface area contributed by atoms with Gasteiger partial charge in [-0.2, -0.15) is 0 Å². The Kier molecular flexibility index (Phi) is 1.47. The van der Waals surface area contributed by atoms with Crippen molar-refractivity contribution in [3.8, 4) is 0 Å². The van der Waals surface area contributed by atoms with E-state index in [9.17, 15) is 4.91 Å². The van der Waals surface area contributed by atoms with Crippen LogP contribution in [-0.4, -0.2) is 10.8 Å². The first kappa shape index (κ1) is 6.20. The quantitative estimate of drug-likeness (QED) is 0.449. The van der Waals surface area contributed by atoms with E-state index in [4.69, 9.17) is 0 Å². The van der Waals surface area contributed by atoms with E-state index < -0.39 is 0 Å². The second kappa shape index (κ2) is 2.13. The molecule has 0 spiro atoms. The number of nitroso groups, excluding NO2 is 1. The van der Waals surface area contributed by atoms with Gasteiger partial charge in [-0.1, -0.05) is 6.08 Å². The van der Waals surface area contributed by atoms with Crippen LogP contribution in [0.1, 0.15) is 13.8 Å². The molecule has 2 nitrogen and oxygen atoms in total. The van der Waals surface area contributed by atoms with Crippen LogP contribution in [-0.2, 0) is 0 Å². The highest BCUT2D eigenvalue weighted by molar-refractivity contribution is 5.10. The topological polar surface area (TPSA) is 20.1 Å². The zero-order chi connectivity index (χ0) is 6.85. The third-order valence-corrected chi connectivity index (χ3v) is 1.44. The lowest BCUT2D eigenvalue weighted by molar-refractivity contribution is -0.524. The normalized spacial score (nSPS) is 26.2. The minimum atomic E-state index is 0.00926. The van der Waals surface area contributed by atoms with Crippen molar-refractivity contribution in [3.05, 3.63) is 28.8 Å². The number of allylic oxidation sites excluding steroid dienone is 3. The van der Waals surface area contributed by atoms with E-state index in [1.807, 2.05) is 32.1 Å². The number of rotatable bonds is 0. The molecule has 1 rings (SSSR count). The van der Waals surface area contributed by atoms with Crippen LogP contribution in [0.15, 0.2) is 23.9 Å². The molecule has 0 fully saturated rings. The maximum atomic E-state index is 10.9. The summed E-state index contributed by atoms with van der Waals surface area (Å²) in [4.78, 5) is 10.9. The molecule has 0 N–H and O–H groups in total. The molecule has 1 unspecified atom stereocenters. The second-order valence-corrected chi connectivity index (χ2v) is 2.26. The molecule has 1 heterocycles. The molecule has 0 aromatic rings. The Labute approximate surface area is 54.4 Å². The standard InChI is InChI=1S/C7H10NO/c1-6-4-3-5-7(2)8(6)9/h3-6H,1-2H3/q+1. The summed E-state index contributed by atoms with van der Waals surface area (Å²) in [5, 5.41) is 0. The monoisotopic (exact) mass is 124 g/mol. The summed E-state index contributed by atoms with van der Waals surface area (Å²) in [7, 11) is 0. The summed E-state index contributed by atoms with van der Waals surface area (Å²) < 4.78 is 1.00. The van der Waals surface area contributed by atoms with E-state index in [2.05, 4.69) is 0 Å². The van der Waals surface area contributed by atoms with Crippen LogP contribution in [0.2, 0.25) is 0 Å². The number of hydrogen-bond acceptors (Lipinski definition) is 1. The van der Waals surface area contributed by atoms with Crippen molar-refractivity contribution < 1.29 is 4.76 Å². The average molecular weight is 124 g/mol. The Hall–Kier alpha value is -0.920. The van der Waals surface area contributed by atoms with Gasteiger partial charge in [-0.05, 0) is 6.08 Å². The highest BCUT2D eigenvalue weighted by Crippen LogP contribution is 2.07. The van der Waals surface area contributed by atoms with Crippen LogP contribution in [0, 0.1) is 4.91 Å². The van der Waals surface area contributed by atoms with Crippen LogP contribution in [0.4, 0.5) is 0 Å². The molecular formula is C7H10NO+. The van der Waals surface area contributed by atoms with Crippen LogP contribution >= 0.6 is 0 Å². The van der Waals surface area contributed by atoms with Crippen molar-refractivity contribution in [2.75, 3.05) is 0 Å². The SMILES string of the molecule is CC1=CC=CC(C)[N+]1=O. The first-order chi connectivity index (χ1) is 4.22. The molecular weight excluding hydrogens is 114 g/mol. The van der Waals surface area contributed by atoms with E-state index >= 15 is 0 Å². The molecule has 0 aliphatic carbocycles. The van der Waals surface area contributed by atoms with Crippen LogP contribution in [0.3, 0.4) is 0 Å². The average Bonchev–Trinajstić information content (AvgIpc) is 1.83. The van der Waals surface area contributed by atoms with Crippen LogP contribution in [0.5, 0.6) is 0 Å². The molecule has 0 radical (unpaired) electrons. The highest BCUT2D eigenvalue weighted by Gasteiger charge is 2.20. The molecule has 1 aliphatic rings. The predicted molar refractivity (Wildman–Crippen MR) is 36.0 cm³/mol. The molecule has 0 aromatic carbocycles. The maximum Gasteiger partial charge on any atom is 0.230 e. The smallest absolute Gasteiger partial charge is 0.0532 e. The van der Waals surface area contributed by atoms with E-state index in [0.29, 0.717) is 0 Å². The van der Waals surface area contributed by atoms with Crippen LogP contribution < -0.4 is 0 Å². The summed E-state index contributed by atoms with van der Waals surface area (Å²) in [6, 6.07) is 0.00926. The second-order valence-electron chi connectivity index (χ2n) is 2.26. The van der Waals surface area contributed by atoms with Crippen molar-refractivity contribution in [1.29, 1.82) is 0 Å². The minimum absolute atomic E-state index is 0.00926. The van der Waals surface area contributed by atoms with Gasteiger partial charge in [0, 0.05) is 29.6 Å². The number of hydrogen-bond donors (Lipinski definition) is 0. The highest BCUT2D eigenvalue weighted by atomic mass is 16.3. The zero-order valence-corrected chi connectivity index (χ0v) is 5.66. The van der Waals surface area contributed by atoms with E-state index in [0.717, 1.165) is 10.5 Å². The Morgan fingerprint density at radius 3 is 2.78 bits per heavy atom. The third-order valence-electron chi connectivity index (χ3n) is 1.44. The van der Waals surface area contributed by atoms with Gasteiger partial charge < -0.3 is 0 Å². The first-order valence-electron chi connectivity index (χ1n) is 3.03. The van der Waals surface area contributed by atoms with E-state index in [1.54, 1.807) is 0 Å². The van der Waals surface area contributed by atoms with Gasteiger partial charge in [0.15, 0.2) is 0 Å². The Morgan fingerprint density at radius 2 is 2.33 bits per heavy atom. The molecule has 48 valence electrons. The fraction of sp³-hybridized carbons (Fsp3) is 0.429. The zero-order valence-electron chi connectivity index (χ0n) is 5.66. The van der Waals surface area contributed by atoms with Gasteiger partial charge in [-0.3, -0.25) is 0 Å². The van der Waals surface area contributed by atoms with Gasteiger partial charge in [0.1, 0.15) is 0 Å². The van der Waals surface area contributed by atoms with Crippen molar-refractivity contribution >= 4 is 0 Å². The van der Waals surface area contributed by atoms with Gasteiger partial charge >= 0.3 is 0 Å². The van der Waals surface area contributed by atoms with Crippen molar-refractivity contribution in [1.82, 2.24) is 0 Å². The van der Waals surface area contributed by atoms with Gasteiger partial charge in [-0.15, -0.1) is 0 Å². The molecule has 0 saturated carbocycles. The molecule has 0 bridgehead atoms. The minimum Gasteiger partial charge on any atom is -0.0532 e. The molecule has 1 atom stereocenters. The lowest BCUT2D eigenvalue weighted by Gasteiger charge is -1.99. The van der Waals surface area contributed by atoms with Crippen LogP contribution in [0.25, 0.3) is 0 Å². The van der Waals surface area contributed by atoms with Gasteiger partial charge in [0.2, 0.25) is 11.7 Å². The van der Waals surface area contributed by atoms with E-state index in [-0.39, 0.29) is 6.04 Å². The predicted octanol–water partition coefficient (Wildman–Crippen LogP) is 1.63. The lowest BCUT2D eigenvalue weighted by atomic mass is 10.2. The lowest BCUT2D eigenvalue weighted by Crippen LogP contribution is -2.18. The molecule has 1 aliphatic heterocycles. The molecule has 0 amide bonds. The van der Waals surface area contributed by atoms with Crippen molar-refractivity contribution in [2.24, 2.45) is 0 Å². The Balaban J connectivity index is 2.86. The van der Waals surface area contributed by atoms with Crippen molar-refractivity contribution in [3.63, 3.8) is 0 Å². The number of nitrogens with zero attached hydrogens (tertiary/aromatic N) is 1. The third kappa shape index (κ3) is 1.07.